The molecule has 0 bridgehead atoms. The number of hydrogen-bond donors (Lipinski definition) is 2. The first-order valence-corrected chi connectivity index (χ1v) is 6.32. The molecule has 2 N–H and O–H groups in total. The number of carbonyl (C=O) groups excluding carboxylic acids is 1. The zero-order valence-electron chi connectivity index (χ0n) is 9.52. The van der Waals surface area contributed by atoms with Crippen molar-refractivity contribution in [1.82, 2.24) is 5.32 Å². The van der Waals surface area contributed by atoms with E-state index in [1.807, 2.05) is 0 Å². The summed E-state index contributed by atoms with van der Waals surface area (Å²) in [6.45, 7) is 3.58. The molecule has 5 heteroatoms. The molecule has 1 aromatic carbocycles. The van der Waals surface area contributed by atoms with Crippen molar-refractivity contribution in [2.45, 2.75) is 13.3 Å². The third-order valence-corrected chi connectivity index (χ3v) is 3.49. The second-order valence-corrected chi connectivity index (χ2v) is 5.21. The van der Waals surface area contributed by atoms with Crippen molar-refractivity contribution in [3.8, 4) is 0 Å². The average molecular weight is 301 g/mol. The van der Waals surface area contributed by atoms with Gasteiger partial charge in [-0.15, -0.1) is 0 Å². The molecule has 1 amide bonds. The summed E-state index contributed by atoms with van der Waals surface area (Å²) in [6, 6.07) is 3.01. The summed E-state index contributed by atoms with van der Waals surface area (Å²) >= 11 is 3.11. The highest BCUT2D eigenvalue weighted by molar-refractivity contribution is 9.10. The predicted molar refractivity (Wildman–Crippen MR) is 68.4 cm³/mol. The minimum atomic E-state index is -0.316. The molecular weight excluding hydrogens is 287 g/mol. The first-order chi connectivity index (χ1) is 8.06. The van der Waals surface area contributed by atoms with Crippen molar-refractivity contribution in [3.05, 3.63) is 28.0 Å². The molecule has 2 rings (SSSR count). The highest BCUT2D eigenvalue weighted by atomic mass is 79.9. The van der Waals surface area contributed by atoms with Crippen LogP contribution in [0.2, 0.25) is 0 Å². The van der Waals surface area contributed by atoms with E-state index in [4.69, 9.17) is 0 Å². The number of hydrogen-bond acceptors (Lipinski definition) is 2. The summed E-state index contributed by atoms with van der Waals surface area (Å²) in [5.74, 6) is 0.0981. The van der Waals surface area contributed by atoms with Gasteiger partial charge in [0.2, 0.25) is 5.91 Å². The molecule has 0 radical (unpaired) electrons. The lowest BCUT2D eigenvalue weighted by atomic mass is 9.99. The number of amides is 1. The molecule has 3 nitrogen and oxygen atoms in total. The zero-order valence-corrected chi connectivity index (χ0v) is 11.1. The van der Waals surface area contributed by atoms with Gasteiger partial charge in [-0.05, 0) is 59.6 Å². The van der Waals surface area contributed by atoms with E-state index < -0.39 is 0 Å². The Hall–Kier alpha value is -0.940. The van der Waals surface area contributed by atoms with Crippen LogP contribution in [0.5, 0.6) is 0 Å². The minimum Gasteiger partial charge on any atom is -0.326 e. The summed E-state index contributed by atoms with van der Waals surface area (Å²) in [5, 5.41) is 5.94. The molecule has 0 unspecified atom stereocenters. The fourth-order valence-electron chi connectivity index (χ4n) is 1.74. The Kier molecular flexibility index (Phi) is 3.79. The van der Waals surface area contributed by atoms with Gasteiger partial charge in [0, 0.05) is 12.1 Å². The van der Waals surface area contributed by atoms with Gasteiger partial charge in [0.05, 0.1) is 4.47 Å². The van der Waals surface area contributed by atoms with E-state index >= 15 is 0 Å². The third kappa shape index (κ3) is 3.04. The molecule has 0 spiro atoms. The van der Waals surface area contributed by atoms with Crippen LogP contribution in [0.1, 0.15) is 12.0 Å². The Morgan fingerprint density at radius 3 is 2.88 bits per heavy atom. The molecule has 0 aromatic heterocycles. The lowest BCUT2D eigenvalue weighted by Gasteiger charge is -2.26. The molecule has 0 atom stereocenters. The maximum atomic E-state index is 13.2. The standard InChI is InChI=1S/C12H14BrFN2O/c1-7-2-10(14)9(13)4-11(7)16-12(17)3-8-5-15-6-8/h2,4,8,15H,3,5-6H2,1H3,(H,16,17). The quantitative estimate of drug-likeness (QED) is 0.900. The summed E-state index contributed by atoms with van der Waals surface area (Å²) in [7, 11) is 0. The van der Waals surface area contributed by atoms with Crippen molar-refractivity contribution < 1.29 is 9.18 Å². The molecule has 1 heterocycles. The number of benzene rings is 1. The summed E-state index contributed by atoms with van der Waals surface area (Å²) in [5.41, 5.74) is 1.39. The molecule has 1 aliphatic heterocycles. The van der Waals surface area contributed by atoms with Crippen LogP contribution in [0, 0.1) is 18.7 Å². The van der Waals surface area contributed by atoms with Crippen LogP contribution in [0.4, 0.5) is 10.1 Å². The maximum absolute atomic E-state index is 13.2. The topological polar surface area (TPSA) is 41.1 Å². The van der Waals surface area contributed by atoms with Crippen LogP contribution in [-0.4, -0.2) is 19.0 Å². The van der Waals surface area contributed by atoms with E-state index in [9.17, 15) is 9.18 Å². The van der Waals surface area contributed by atoms with Crippen molar-refractivity contribution in [2.75, 3.05) is 18.4 Å². The molecule has 1 fully saturated rings. The maximum Gasteiger partial charge on any atom is 0.224 e. The van der Waals surface area contributed by atoms with E-state index in [-0.39, 0.29) is 11.7 Å². The van der Waals surface area contributed by atoms with Gasteiger partial charge in [0.15, 0.2) is 0 Å². The molecule has 0 aliphatic carbocycles. The number of halogens is 2. The van der Waals surface area contributed by atoms with Crippen LogP contribution in [-0.2, 0) is 4.79 Å². The Morgan fingerprint density at radius 2 is 2.29 bits per heavy atom. The predicted octanol–water partition coefficient (Wildman–Crippen LogP) is 2.44. The van der Waals surface area contributed by atoms with Crippen LogP contribution < -0.4 is 10.6 Å². The first kappa shape index (κ1) is 12.5. The molecule has 1 aromatic rings. The second-order valence-electron chi connectivity index (χ2n) is 4.36. The highest BCUT2D eigenvalue weighted by Gasteiger charge is 2.20. The summed E-state index contributed by atoms with van der Waals surface area (Å²) < 4.78 is 13.6. The van der Waals surface area contributed by atoms with Gasteiger partial charge in [0.1, 0.15) is 5.82 Å². The van der Waals surface area contributed by atoms with Crippen molar-refractivity contribution >= 4 is 27.5 Å². The Labute approximate surface area is 108 Å². The van der Waals surface area contributed by atoms with Gasteiger partial charge in [-0.2, -0.15) is 0 Å². The smallest absolute Gasteiger partial charge is 0.224 e. The fraction of sp³-hybridized carbons (Fsp3) is 0.417. The molecule has 1 aliphatic rings. The molecule has 92 valence electrons. The Morgan fingerprint density at radius 1 is 1.59 bits per heavy atom. The zero-order chi connectivity index (χ0) is 12.4. The van der Waals surface area contributed by atoms with E-state index in [2.05, 4.69) is 26.6 Å². The fourth-order valence-corrected chi connectivity index (χ4v) is 2.08. The number of anilines is 1. The van der Waals surface area contributed by atoms with E-state index in [0.29, 0.717) is 22.5 Å². The monoisotopic (exact) mass is 300 g/mol. The molecular formula is C12H14BrFN2O. The van der Waals surface area contributed by atoms with Gasteiger partial charge in [0.25, 0.3) is 0 Å². The molecule has 1 saturated heterocycles. The second kappa shape index (κ2) is 5.14. The van der Waals surface area contributed by atoms with Gasteiger partial charge in [-0.25, -0.2) is 4.39 Å². The summed E-state index contributed by atoms with van der Waals surface area (Å²) in [4.78, 5) is 11.7. The Bertz CT molecular complexity index is 446. The lowest BCUT2D eigenvalue weighted by Crippen LogP contribution is -2.43. The van der Waals surface area contributed by atoms with Crippen LogP contribution in [0.25, 0.3) is 0 Å². The molecule has 0 saturated carbocycles. The number of aryl methyl sites for hydroxylation is 1. The minimum absolute atomic E-state index is 0.0156. The van der Waals surface area contributed by atoms with Crippen LogP contribution >= 0.6 is 15.9 Å². The molecule has 17 heavy (non-hydrogen) atoms. The van der Waals surface area contributed by atoms with Gasteiger partial charge in [-0.3, -0.25) is 4.79 Å². The largest absolute Gasteiger partial charge is 0.326 e. The van der Waals surface area contributed by atoms with E-state index in [0.717, 1.165) is 18.7 Å². The lowest BCUT2D eigenvalue weighted by molar-refractivity contribution is -0.117. The van der Waals surface area contributed by atoms with Gasteiger partial charge in [-0.1, -0.05) is 0 Å². The number of rotatable bonds is 3. The first-order valence-electron chi connectivity index (χ1n) is 5.52. The number of carbonyl (C=O) groups is 1. The van der Waals surface area contributed by atoms with Crippen LogP contribution in [0.3, 0.4) is 0 Å². The van der Waals surface area contributed by atoms with Gasteiger partial charge >= 0.3 is 0 Å². The normalized spacial score (nSPS) is 15.5. The highest BCUT2D eigenvalue weighted by Crippen LogP contribution is 2.24. The number of nitrogens with one attached hydrogen (secondary N) is 2. The average Bonchev–Trinajstić information content (AvgIpc) is 2.20. The SMILES string of the molecule is Cc1cc(F)c(Br)cc1NC(=O)CC1CNC1. The summed E-state index contributed by atoms with van der Waals surface area (Å²) in [6.07, 6.45) is 0.515. The third-order valence-electron chi connectivity index (χ3n) is 2.88. The van der Waals surface area contributed by atoms with Crippen molar-refractivity contribution in [1.29, 1.82) is 0 Å². The van der Waals surface area contributed by atoms with Gasteiger partial charge < -0.3 is 10.6 Å². The van der Waals surface area contributed by atoms with E-state index in [1.165, 1.54) is 6.07 Å². The van der Waals surface area contributed by atoms with Crippen molar-refractivity contribution in [3.63, 3.8) is 0 Å². The Balaban J connectivity index is 2.02. The van der Waals surface area contributed by atoms with Crippen molar-refractivity contribution in [2.24, 2.45) is 5.92 Å². The van der Waals surface area contributed by atoms with E-state index in [1.54, 1.807) is 13.0 Å². The van der Waals surface area contributed by atoms with Crippen LogP contribution in [0.15, 0.2) is 16.6 Å².